The van der Waals surface area contributed by atoms with E-state index in [1.165, 1.54) is 24.8 Å². The first-order valence-corrected chi connectivity index (χ1v) is 8.06. The summed E-state index contributed by atoms with van der Waals surface area (Å²) in [6.07, 6.45) is 7.37. The Balaban J connectivity index is 1.59. The number of furan rings is 1. The molecule has 1 unspecified atom stereocenters. The van der Waals surface area contributed by atoms with E-state index >= 15 is 0 Å². The molecule has 3 aromatic rings. The standard InChI is InChI=1S/C18H21N3O/c1-13-4-3-8-21(13)9-7-16-10-14-5-2-6-17(18(14)22-16)15-11-19-20-12-15/h2,5-6,10-13H,3-4,7-9H2,1H3,(H,19,20). The maximum Gasteiger partial charge on any atom is 0.142 e. The van der Waals surface area contributed by atoms with Gasteiger partial charge in [-0.2, -0.15) is 5.10 Å². The number of H-pyrrole nitrogens is 1. The number of aromatic nitrogens is 2. The molecule has 1 aliphatic heterocycles. The molecule has 3 heterocycles. The number of nitrogens with zero attached hydrogens (tertiary/aromatic N) is 2. The topological polar surface area (TPSA) is 45.1 Å². The van der Waals surface area contributed by atoms with Crippen molar-refractivity contribution in [3.05, 3.63) is 42.4 Å². The molecule has 22 heavy (non-hydrogen) atoms. The highest BCUT2D eigenvalue weighted by atomic mass is 16.3. The first kappa shape index (κ1) is 13.6. The van der Waals surface area contributed by atoms with E-state index in [2.05, 4.69) is 46.3 Å². The minimum atomic E-state index is 0.714. The van der Waals surface area contributed by atoms with Gasteiger partial charge < -0.3 is 9.32 Å². The summed E-state index contributed by atoms with van der Waals surface area (Å²) in [5.41, 5.74) is 3.14. The van der Waals surface area contributed by atoms with Crippen LogP contribution in [-0.4, -0.2) is 34.2 Å². The van der Waals surface area contributed by atoms with Gasteiger partial charge in [-0.1, -0.05) is 18.2 Å². The van der Waals surface area contributed by atoms with E-state index in [0.29, 0.717) is 6.04 Å². The van der Waals surface area contributed by atoms with Crippen LogP contribution in [0.2, 0.25) is 0 Å². The van der Waals surface area contributed by atoms with Crippen LogP contribution in [0.1, 0.15) is 25.5 Å². The van der Waals surface area contributed by atoms with Crippen molar-refractivity contribution in [3.63, 3.8) is 0 Å². The van der Waals surface area contributed by atoms with Crippen LogP contribution in [0, 0.1) is 0 Å². The third-order valence-corrected chi connectivity index (χ3v) is 4.74. The minimum Gasteiger partial charge on any atom is -0.460 e. The van der Waals surface area contributed by atoms with Crippen molar-refractivity contribution in [1.82, 2.24) is 15.1 Å². The van der Waals surface area contributed by atoms with Gasteiger partial charge in [0.2, 0.25) is 0 Å². The summed E-state index contributed by atoms with van der Waals surface area (Å²) in [6, 6.07) is 9.17. The third kappa shape index (κ3) is 2.44. The van der Waals surface area contributed by atoms with Gasteiger partial charge in [0.1, 0.15) is 11.3 Å². The summed E-state index contributed by atoms with van der Waals surface area (Å²) in [5, 5.41) is 8.07. The Labute approximate surface area is 130 Å². The molecule has 0 radical (unpaired) electrons. The second-order valence-corrected chi connectivity index (χ2v) is 6.20. The predicted molar refractivity (Wildman–Crippen MR) is 87.8 cm³/mol. The van der Waals surface area contributed by atoms with Gasteiger partial charge in [0.05, 0.1) is 6.20 Å². The number of nitrogens with one attached hydrogen (secondary N) is 1. The Morgan fingerprint density at radius 3 is 3.14 bits per heavy atom. The lowest BCUT2D eigenvalue weighted by Gasteiger charge is -2.19. The van der Waals surface area contributed by atoms with E-state index < -0.39 is 0 Å². The molecule has 1 saturated heterocycles. The number of hydrogen-bond acceptors (Lipinski definition) is 3. The SMILES string of the molecule is CC1CCCN1CCc1cc2cccc(-c3cn[nH]c3)c2o1. The Hall–Kier alpha value is -2.07. The highest BCUT2D eigenvalue weighted by Gasteiger charge is 2.20. The van der Waals surface area contributed by atoms with Crippen LogP contribution < -0.4 is 0 Å². The van der Waals surface area contributed by atoms with Crippen molar-refractivity contribution in [2.24, 2.45) is 0 Å². The van der Waals surface area contributed by atoms with Crippen LogP contribution in [0.15, 0.2) is 41.1 Å². The van der Waals surface area contributed by atoms with Gasteiger partial charge in [0.15, 0.2) is 0 Å². The molecule has 0 saturated carbocycles. The molecule has 1 atom stereocenters. The summed E-state index contributed by atoms with van der Waals surface area (Å²) < 4.78 is 6.15. The largest absolute Gasteiger partial charge is 0.460 e. The number of likely N-dealkylation sites (tertiary alicyclic amines) is 1. The summed E-state index contributed by atoms with van der Waals surface area (Å²) in [4.78, 5) is 2.56. The lowest BCUT2D eigenvalue weighted by molar-refractivity contribution is 0.266. The first-order chi connectivity index (χ1) is 10.8. The van der Waals surface area contributed by atoms with Crippen LogP contribution in [0.4, 0.5) is 0 Å². The highest BCUT2D eigenvalue weighted by Crippen LogP contribution is 2.30. The number of para-hydroxylation sites is 1. The fraction of sp³-hybridized carbons (Fsp3) is 0.389. The maximum atomic E-state index is 6.15. The minimum absolute atomic E-state index is 0.714. The van der Waals surface area contributed by atoms with E-state index in [-0.39, 0.29) is 0 Å². The van der Waals surface area contributed by atoms with Crippen molar-refractivity contribution in [2.45, 2.75) is 32.2 Å². The Kier molecular flexibility index (Phi) is 3.47. The van der Waals surface area contributed by atoms with Gasteiger partial charge in [-0.05, 0) is 32.4 Å². The Bertz CT molecular complexity index is 760. The summed E-state index contributed by atoms with van der Waals surface area (Å²) in [7, 11) is 0. The fourth-order valence-corrected chi connectivity index (χ4v) is 3.44. The van der Waals surface area contributed by atoms with E-state index in [1.807, 2.05) is 12.4 Å². The maximum absolute atomic E-state index is 6.15. The van der Waals surface area contributed by atoms with E-state index in [9.17, 15) is 0 Å². The highest BCUT2D eigenvalue weighted by molar-refractivity contribution is 5.92. The van der Waals surface area contributed by atoms with Crippen LogP contribution in [0.25, 0.3) is 22.1 Å². The molecular formula is C18H21N3O. The quantitative estimate of drug-likeness (QED) is 0.795. The van der Waals surface area contributed by atoms with Gasteiger partial charge in [-0.3, -0.25) is 5.10 Å². The number of rotatable bonds is 4. The van der Waals surface area contributed by atoms with Crippen molar-refractivity contribution < 1.29 is 4.42 Å². The average molecular weight is 295 g/mol. The second kappa shape index (κ2) is 5.61. The molecule has 0 spiro atoms. The lowest BCUT2D eigenvalue weighted by atomic mass is 10.1. The van der Waals surface area contributed by atoms with Crippen molar-refractivity contribution in [3.8, 4) is 11.1 Å². The summed E-state index contributed by atoms with van der Waals surface area (Å²) >= 11 is 0. The Morgan fingerprint density at radius 2 is 2.36 bits per heavy atom. The van der Waals surface area contributed by atoms with E-state index in [0.717, 1.165) is 35.4 Å². The zero-order valence-corrected chi connectivity index (χ0v) is 12.9. The van der Waals surface area contributed by atoms with Crippen LogP contribution in [-0.2, 0) is 6.42 Å². The smallest absolute Gasteiger partial charge is 0.142 e. The van der Waals surface area contributed by atoms with Crippen LogP contribution in [0.5, 0.6) is 0 Å². The molecule has 1 fully saturated rings. The van der Waals surface area contributed by atoms with Crippen molar-refractivity contribution >= 4 is 11.0 Å². The summed E-state index contributed by atoms with van der Waals surface area (Å²) in [5.74, 6) is 1.07. The summed E-state index contributed by atoms with van der Waals surface area (Å²) in [6.45, 7) is 4.63. The molecule has 0 amide bonds. The zero-order valence-electron chi connectivity index (χ0n) is 12.9. The molecule has 4 heteroatoms. The Morgan fingerprint density at radius 1 is 1.41 bits per heavy atom. The molecule has 0 aliphatic carbocycles. The fourth-order valence-electron chi connectivity index (χ4n) is 3.44. The van der Waals surface area contributed by atoms with Gasteiger partial charge in [-0.15, -0.1) is 0 Å². The predicted octanol–water partition coefficient (Wildman–Crippen LogP) is 3.85. The van der Waals surface area contributed by atoms with E-state index in [1.54, 1.807) is 0 Å². The molecule has 2 aromatic heterocycles. The number of aromatic amines is 1. The van der Waals surface area contributed by atoms with Gasteiger partial charge in [-0.25, -0.2) is 0 Å². The molecular weight excluding hydrogens is 274 g/mol. The van der Waals surface area contributed by atoms with Gasteiger partial charge >= 0.3 is 0 Å². The average Bonchev–Trinajstić information content (AvgIpc) is 3.25. The zero-order chi connectivity index (χ0) is 14.9. The molecule has 4 nitrogen and oxygen atoms in total. The van der Waals surface area contributed by atoms with E-state index in [4.69, 9.17) is 4.42 Å². The van der Waals surface area contributed by atoms with Gasteiger partial charge in [0, 0.05) is 41.7 Å². The molecule has 1 aromatic carbocycles. The third-order valence-electron chi connectivity index (χ3n) is 4.74. The van der Waals surface area contributed by atoms with Gasteiger partial charge in [0.25, 0.3) is 0 Å². The lowest BCUT2D eigenvalue weighted by Crippen LogP contribution is -2.28. The molecule has 1 aliphatic rings. The number of benzene rings is 1. The van der Waals surface area contributed by atoms with Crippen LogP contribution >= 0.6 is 0 Å². The number of fused-ring (bicyclic) bond motifs is 1. The second-order valence-electron chi connectivity index (χ2n) is 6.20. The molecule has 4 rings (SSSR count). The normalized spacial score (nSPS) is 19.2. The first-order valence-electron chi connectivity index (χ1n) is 8.06. The molecule has 0 bridgehead atoms. The van der Waals surface area contributed by atoms with Crippen molar-refractivity contribution in [2.75, 3.05) is 13.1 Å². The number of hydrogen-bond donors (Lipinski definition) is 1. The molecule has 114 valence electrons. The molecule has 1 N–H and O–H groups in total. The van der Waals surface area contributed by atoms with Crippen molar-refractivity contribution in [1.29, 1.82) is 0 Å². The van der Waals surface area contributed by atoms with Crippen LogP contribution in [0.3, 0.4) is 0 Å². The monoisotopic (exact) mass is 295 g/mol.